The third kappa shape index (κ3) is 2.99. The van der Waals surface area contributed by atoms with Crippen LogP contribution in [-0.4, -0.2) is 7.11 Å². The highest BCUT2D eigenvalue weighted by Gasteiger charge is 2.16. The highest BCUT2D eigenvalue weighted by Crippen LogP contribution is 2.32. The van der Waals surface area contributed by atoms with E-state index in [9.17, 15) is 0 Å². The van der Waals surface area contributed by atoms with Gasteiger partial charge in [-0.3, -0.25) is 0 Å². The Hall–Kier alpha value is -1.32. The molecule has 2 aromatic carbocycles. The second-order valence-corrected chi connectivity index (χ2v) is 5.33. The second kappa shape index (κ2) is 6.22. The van der Waals surface area contributed by atoms with Gasteiger partial charge < -0.3 is 10.5 Å². The van der Waals surface area contributed by atoms with Gasteiger partial charge in [-0.2, -0.15) is 0 Å². The Kier molecular flexibility index (Phi) is 4.61. The van der Waals surface area contributed by atoms with Gasteiger partial charge in [0.05, 0.1) is 13.2 Å². The summed E-state index contributed by atoms with van der Waals surface area (Å²) in [6.07, 6.45) is 0.972. The van der Waals surface area contributed by atoms with Crippen LogP contribution in [-0.2, 0) is 6.42 Å². The lowest BCUT2D eigenvalue weighted by atomic mass is 9.93. The maximum absolute atomic E-state index is 6.44. The summed E-state index contributed by atoms with van der Waals surface area (Å²) >= 11 is 3.49. The number of rotatable bonds is 4. The Morgan fingerprint density at radius 3 is 2.58 bits per heavy atom. The van der Waals surface area contributed by atoms with E-state index >= 15 is 0 Å². The molecule has 100 valence electrons. The van der Waals surface area contributed by atoms with E-state index < -0.39 is 0 Å². The zero-order valence-electron chi connectivity index (χ0n) is 11.2. The Morgan fingerprint density at radius 2 is 1.89 bits per heavy atom. The third-order valence-corrected chi connectivity index (χ3v) is 3.79. The average Bonchev–Trinajstić information content (AvgIpc) is 2.46. The smallest absolute Gasteiger partial charge is 0.124 e. The molecule has 19 heavy (non-hydrogen) atoms. The van der Waals surface area contributed by atoms with Crippen molar-refractivity contribution in [1.29, 1.82) is 0 Å². The van der Waals surface area contributed by atoms with Crippen molar-refractivity contribution < 1.29 is 4.74 Å². The van der Waals surface area contributed by atoms with E-state index in [1.165, 1.54) is 5.56 Å². The van der Waals surface area contributed by atoms with Crippen molar-refractivity contribution in [2.24, 2.45) is 5.73 Å². The molecular weight excluding hydrogens is 302 g/mol. The van der Waals surface area contributed by atoms with Gasteiger partial charge in [0.25, 0.3) is 0 Å². The largest absolute Gasteiger partial charge is 0.496 e. The van der Waals surface area contributed by atoms with E-state index in [0.29, 0.717) is 0 Å². The van der Waals surface area contributed by atoms with Gasteiger partial charge in [0.2, 0.25) is 0 Å². The molecule has 3 heteroatoms. The van der Waals surface area contributed by atoms with Gasteiger partial charge in [-0.15, -0.1) is 0 Å². The van der Waals surface area contributed by atoms with Crippen molar-refractivity contribution >= 4 is 15.9 Å². The minimum Gasteiger partial charge on any atom is -0.496 e. The highest BCUT2D eigenvalue weighted by molar-refractivity contribution is 9.10. The number of hydrogen-bond acceptors (Lipinski definition) is 2. The fourth-order valence-corrected chi connectivity index (χ4v) is 2.65. The molecule has 0 radical (unpaired) electrons. The lowest BCUT2D eigenvalue weighted by Crippen LogP contribution is -2.15. The zero-order valence-corrected chi connectivity index (χ0v) is 12.8. The number of hydrogen-bond donors (Lipinski definition) is 1. The SMILES string of the molecule is CCc1ccccc1C(N)c1cc(Br)ccc1OC. The normalized spacial score (nSPS) is 12.2. The summed E-state index contributed by atoms with van der Waals surface area (Å²) < 4.78 is 6.42. The molecule has 0 saturated heterocycles. The summed E-state index contributed by atoms with van der Waals surface area (Å²) in [5.74, 6) is 0.821. The first-order valence-corrected chi connectivity index (χ1v) is 7.13. The Labute approximate surface area is 122 Å². The summed E-state index contributed by atoms with van der Waals surface area (Å²) in [6.45, 7) is 2.14. The van der Waals surface area contributed by atoms with Crippen LogP contribution in [0.25, 0.3) is 0 Å². The molecule has 0 bridgehead atoms. The summed E-state index contributed by atoms with van der Waals surface area (Å²) in [6, 6.07) is 14.0. The standard InChI is InChI=1S/C16H18BrNO/c1-3-11-6-4-5-7-13(11)16(18)14-10-12(17)8-9-15(14)19-2/h4-10,16H,3,18H2,1-2H3. The molecule has 2 rings (SSSR count). The fourth-order valence-electron chi connectivity index (χ4n) is 2.28. The van der Waals surface area contributed by atoms with Crippen LogP contribution in [0.1, 0.15) is 29.7 Å². The Bertz CT molecular complexity index is 568. The van der Waals surface area contributed by atoms with Crippen LogP contribution in [0.4, 0.5) is 0 Å². The van der Waals surface area contributed by atoms with Crippen molar-refractivity contribution in [1.82, 2.24) is 0 Å². The van der Waals surface area contributed by atoms with Crippen LogP contribution in [0.3, 0.4) is 0 Å². The van der Waals surface area contributed by atoms with Crippen LogP contribution in [0.2, 0.25) is 0 Å². The van der Waals surface area contributed by atoms with E-state index in [2.05, 4.69) is 35.0 Å². The molecule has 0 amide bonds. The first kappa shape index (κ1) is 14.1. The molecule has 1 unspecified atom stereocenters. The molecule has 0 heterocycles. The predicted octanol–water partition coefficient (Wildman–Crippen LogP) is 4.07. The summed E-state index contributed by atoms with van der Waals surface area (Å²) in [4.78, 5) is 0. The summed E-state index contributed by atoms with van der Waals surface area (Å²) in [7, 11) is 1.67. The molecule has 2 aromatic rings. The van der Waals surface area contributed by atoms with Gasteiger partial charge >= 0.3 is 0 Å². The second-order valence-electron chi connectivity index (χ2n) is 4.42. The van der Waals surface area contributed by atoms with Crippen molar-refractivity contribution in [3.63, 3.8) is 0 Å². The van der Waals surface area contributed by atoms with Gasteiger partial charge in [0, 0.05) is 10.0 Å². The first-order valence-electron chi connectivity index (χ1n) is 6.34. The van der Waals surface area contributed by atoms with Gasteiger partial charge in [-0.25, -0.2) is 0 Å². The van der Waals surface area contributed by atoms with Crippen LogP contribution >= 0.6 is 15.9 Å². The maximum Gasteiger partial charge on any atom is 0.124 e. The summed E-state index contributed by atoms with van der Waals surface area (Å²) in [5, 5.41) is 0. The number of methoxy groups -OCH3 is 1. The van der Waals surface area contributed by atoms with E-state index in [0.717, 1.165) is 27.8 Å². The van der Waals surface area contributed by atoms with Gasteiger partial charge in [-0.1, -0.05) is 47.1 Å². The highest BCUT2D eigenvalue weighted by atomic mass is 79.9. The molecule has 0 aromatic heterocycles. The predicted molar refractivity (Wildman–Crippen MR) is 82.5 cm³/mol. The van der Waals surface area contributed by atoms with E-state index in [-0.39, 0.29) is 6.04 Å². The van der Waals surface area contributed by atoms with Crippen LogP contribution < -0.4 is 10.5 Å². The monoisotopic (exact) mass is 319 g/mol. The number of aryl methyl sites for hydroxylation is 1. The van der Waals surface area contributed by atoms with Crippen LogP contribution in [0.5, 0.6) is 5.75 Å². The van der Waals surface area contributed by atoms with E-state index in [1.54, 1.807) is 7.11 Å². The molecule has 0 aliphatic carbocycles. The molecule has 2 N–H and O–H groups in total. The van der Waals surface area contributed by atoms with Crippen LogP contribution in [0.15, 0.2) is 46.9 Å². The number of ether oxygens (including phenoxy) is 1. The molecule has 0 spiro atoms. The zero-order chi connectivity index (χ0) is 13.8. The molecule has 1 atom stereocenters. The van der Waals surface area contributed by atoms with Gasteiger partial charge in [0.1, 0.15) is 5.75 Å². The number of nitrogens with two attached hydrogens (primary N) is 1. The van der Waals surface area contributed by atoms with Crippen molar-refractivity contribution in [2.75, 3.05) is 7.11 Å². The van der Waals surface area contributed by atoms with E-state index in [4.69, 9.17) is 10.5 Å². The van der Waals surface area contributed by atoms with Crippen LogP contribution in [0, 0.1) is 0 Å². The van der Waals surface area contributed by atoms with E-state index in [1.807, 2.05) is 30.3 Å². The third-order valence-electron chi connectivity index (χ3n) is 3.30. The Balaban J connectivity index is 2.49. The quantitative estimate of drug-likeness (QED) is 0.922. The lowest BCUT2D eigenvalue weighted by molar-refractivity contribution is 0.407. The lowest BCUT2D eigenvalue weighted by Gasteiger charge is -2.19. The van der Waals surface area contributed by atoms with Gasteiger partial charge in [0.15, 0.2) is 0 Å². The minimum absolute atomic E-state index is 0.177. The summed E-state index contributed by atoms with van der Waals surface area (Å²) in [5.41, 5.74) is 9.86. The average molecular weight is 320 g/mol. The molecule has 0 fully saturated rings. The molecule has 0 aliphatic heterocycles. The Morgan fingerprint density at radius 1 is 1.16 bits per heavy atom. The van der Waals surface area contributed by atoms with Crippen molar-refractivity contribution in [3.8, 4) is 5.75 Å². The first-order chi connectivity index (χ1) is 9.17. The van der Waals surface area contributed by atoms with Crippen molar-refractivity contribution in [2.45, 2.75) is 19.4 Å². The number of halogens is 1. The van der Waals surface area contributed by atoms with Gasteiger partial charge in [-0.05, 0) is 35.7 Å². The number of benzene rings is 2. The topological polar surface area (TPSA) is 35.2 Å². The molecule has 0 aliphatic rings. The molecular formula is C16H18BrNO. The fraction of sp³-hybridized carbons (Fsp3) is 0.250. The molecule has 0 saturated carbocycles. The van der Waals surface area contributed by atoms with Crippen molar-refractivity contribution in [3.05, 3.63) is 63.6 Å². The minimum atomic E-state index is -0.177. The molecule has 2 nitrogen and oxygen atoms in total. The maximum atomic E-state index is 6.44.